The highest BCUT2D eigenvalue weighted by atomic mass is 16.2. The normalized spacial score (nSPS) is 10.8. The average Bonchev–Trinajstić information content (AvgIpc) is 2.88. The van der Waals surface area contributed by atoms with Gasteiger partial charge in [-0.3, -0.25) is 9.59 Å². The van der Waals surface area contributed by atoms with Crippen molar-refractivity contribution in [2.45, 2.75) is 13.3 Å². The second kappa shape index (κ2) is 6.51. The summed E-state index contributed by atoms with van der Waals surface area (Å²) in [7, 11) is 0. The molecule has 6 nitrogen and oxygen atoms in total. The van der Waals surface area contributed by atoms with E-state index in [1.807, 2.05) is 31.2 Å². The fourth-order valence-electron chi connectivity index (χ4n) is 1.73. The third-order valence-corrected chi connectivity index (χ3v) is 2.73. The van der Waals surface area contributed by atoms with Crippen LogP contribution in [0.5, 0.6) is 0 Å². The monoisotopic (exact) mass is 272 g/mol. The zero-order valence-electron chi connectivity index (χ0n) is 11.1. The number of H-pyrrole nitrogens is 1. The molecule has 1 heterocycles. The molecule has 3 N–H and O–H groups in total. The topological polar surface area (TPSA) is 86.3 Å². The Morgan fingerprint density at radius 3 is 2.90 bits per heavy atom. The van der Waals surface area contributed by atoms with E-state index in [2.05, 4.69) is 20.8 Å². The molecule has 0 saturated carbocycles. The van der Waals surface area contributed by atoms with Crippen molar-refractivity contribution in [3.63, 3.8) is 0 Å². The molecule has 0 bridgehead atoms. The lowest BCUT2D eigenvalue weighted by atomic mass is 10.2. The molecule has 2 amide bonds. The van der Waals surface area contributed by atoms with Gasteiger partial charge in [-0.1, -0.05) is 25.1 Å². The number of hydrogen-bond donors (Lipinski definition) is 3. The van der Waals surface area contributed by atoms with Gasteiger partial charge in [-0.05, 0) is 12.5 Å². The van der Waals surface area contributed by atoms with Crippen LogP contribution in [0, 0.1) is 0 Å². The molecule has 0 spiro atoms. The minimum absolute atomic E-state index is 0.471. The number of aromatic amines is 1. The molecule has 1 aromatic heterocycles. The van der Waals surface area contributed by atoms with Gasteiger partial charge in [0, 0.05) is 29.2 Å². The molecule has 2 aromatic rings. The number of nitrogens with one attached hydrogen (secondary N) is 3. The highest BCUT2D eigenvalue weighted by Crippen LogP contribution is 2.15. The molecule has 6 heteroatoms. The number of para-hydroxylation sites is 1. The number of benzene rings is 1. The number of aromatic nitrogens is 1. The van der Waals surface area contributed by atoms with Crippen molar-refractivity contribution in [3.8, 4) is 0 Å². The van der Waals surface area contributed by atoms with Crippen molar-refractivity contribution in [1.82, 2.24) is 15.7 Å². The molecular formula is C14H16N4O2. The summed E-state index contributed by atoms with van der Waals surface area (Å²) in [6.45, 7) is 2.38. The third-order valence-electron chi connectivity index (χ3n) is 2.73. The van der Waals surface area contributed by atoms with Crippen LogP contribution in [0.2, 0.25) is 0 Å². The van der Waals surface area contributed by atoms with E-state index in [0.717, 1.165) is 22.9 Å². The Kier molecular flexibility index (Phi) is 4.49. The minimum Gasteiger partial charge on any atom is -0.361 e. The molecule has 104 valence electrons. The first-order valence-electron chi connectivity index (χ1n) is 6.39. The number of nitrogens with zero attached hydrogens (tertiary/aromatic N) is 1. The molecule has 0 aliphatic heterocycles. The Labute approximate surface area is 116 Å². The average molecular weight is 272 g/mol. The first-order valence-corrected chi connectivity index (χ1v) is 6.39. The lowest BCUT2D eigenvalue weighted by molar-refractivity contribution is -0.139. The quantitative estimate of drug-likeness (QED) is 0.443. The van der Waals surface area contributed by atoms with Crippen LogP contribution < -0.4 is 10.7 Å². The van der Waals surface area contributed by atoms with E-state index in [9.17, 15) is 9.59 Å². The lowest BCUT2D eigenvalue weighted by Gasteiger charge is -2.00. The summed E-state index contributed by atoms with van der Waals surface area (Å²) in [4.78, 5) is 25.8. The second-order valence-electron chi connectivity index (χ2n) is 4.24. The third kappa shape index (κ3) is 3.23. The van der Waals surface area contributed by atoms with E-state index in [4.69, 9.17) is 0 Å². The maximum atomic E-state index is 11.4. The Morgan fingerprint density at radius 2 is 2.10 bits per heavy atom. The van der Waals surface area contributed by atoms with Crippen molar-refractivity contribution in [2.24, 2.45) is 5.10 Å². The molecular weight excluding hydrogens is 256 g/mol. The molecule has 1 aromatic carbocycles. The standard InChI is InChI=1S/C14H16N4O2/c1-2-7-15-13(19)14(20)18-17-9-10-8-16-12-6-4-3-5-11(10)12/h3-6,8-9,16H,2,7H2,1H3,(H,15,19)(H,18,20). The van der Waals surface area contributed by atoms with Crippen LogP contribution in [0.25, 0.3) is 10.9 Å². The van der Waals surface area contributed by atoms with E-state index < -0.39 is 11.8 Å². The van der Waals surface area contributed by atoms with E-state index in [-0.39, 0.29) is 0 Å². The van der Waals surface area contributed by atoms with Crippen LogP contribution in [-0.2, 0) is 9.59 Å². The summed E-state index contributed by atoms with van der Waals surface area (Å²) in [6.07, 6.45) is 4.07. The summed E-state index contributed by atoms with van der Waals surface area (Å²) in [5, 5.41) is 7.26. The maximum Gasteiger partial charge on any atom is 0.329 e. The van der Waals surface area contributed by atoms with Crippen molar-refractivity contribution in [1.29, 1.82) is 0 Å². The number of hydrazone groups is 1. The van der Waals surface area contributed by atoms with Crippen molar-refractivity contribution in [2.75, 3.05) is 6.54 Å². The van der Waals surface area contributed by atoms with Gasteiger partial charge < -0.3 is 10.3 Å². The van der Waals surface area contributed by atoms with Crippen molar-refractivity contribution in [3.05, 3.63) is 36.0 Å². The smallest absolute Gasteiger partial charge is 0.329 e. The Bertz CT molecular complexity index is 645. The molecule has 2 rings (SSSR count). The fraction of sp³-hybridized carbons (Fsp3) is 0.214. The van der Waals surface area contributed by atoms with E-state index in [1.54, 1.807) is 6.20 Å². The molecule has 0 saturated heterocycles. The van der Waals surface area contributed by atoms with Gasteiger partial charge in [0.1, 0.15) is 0 Å². The minimum atomic E-state index is -0.769. The van der Waals surface area contributed by atoms with Crippen LogP contribution in [0.1, 0.15) is 18.9 Å². The van der Waals surface area contributed by atoms with Gasteiger partial charge in [0.15, 0.2) is 0 Å². The highest BCUT2D eigenvalue weighted by Gasteiger charge is 2.10. The van der Waals surface area contributed by atoms with E-state index in [0.29, 0.717) is 6.54 Å². The predicted molar refractivity (Wildman–Crippen MR) is 77.3 cm³/mol. The van der Waals surface area contributed by atoms with Gasteiger partial charge in [0.2, 0.25) is 0 Å². The largest absolute Gasteiger partial charge is 0.361 e. The lowest BCUT2D eigenvalue weighted by Crippen LogP contribution is -2.38. The number of carbonyl (C=O) groups is 2. The van der Waals surface area contributed by atoms with E-state index in [1.165, 1.54) is 6.21 Å². The number of rotatable bonds is 4. The van der Waals surface area contributed by atoms with Crippen LogP contribution in [0.4, 0.5) is 0 Å². The number of amides is 2. The zero-order valence-corrected chi connectivity index (χ0v) is 11.1. The van der Waals surface area contributed by atoms with Gasteiger partial charge in [-0.15, -0.1) is 0 Å². The molecule has 20 heavy (non-hydrogen) atoms. The molecule has 0 atom stereocenters. The van der Waals surface area contributed by atoms with Crippen molar-refractivity contribution >= 4 is 28.9 Å². The molecule has 0 fully saturated rings. The van der Waals surface area contributed by atoms with Gasteiger partial charge >= 0.3 is 11.8 Å². The van der Waals surface area contributed by atoms with Crippen LogP contribution >= 0.6 is 0 Å². The molecule has 0 radical (unpaired) electrons. The van der Waals surface area contributed by atoms with Gasteiger partial charge in [0.05, 0.1) is 6.21 Å². The van der Waals surface area contributed by atoms with Gasteiger partial charge in [0.25, 0.3) is 0 Å². The van der Waals surface area contributed by atoms with Crippen LogP contribution in [-0.4, -0.2) is 29.6 Å². The zero-order chi connectivity index (χ0) is 14.4. The van der Waals surface area contributed by atoms with Crippen molar-refractivity contribution < 1.29 is 9.59 Å². The first-order chi connectivity index (χ1) is 9.72. The molecule has 0 unspecified atom stereocenters. The fourth-order valence-corrected chi connectivity index (χ4v) is 1.73. The summed E-state index contributed by atoms with van der Waals surface area (Å²) >= 11 is 0. The van der Waals surface area contributed by atoms with Gasteiger partial charge in [-0.2, -0.15) is 5.10 Å². The second-order valence-corrected chi connectivity index (χ2v) is 4.24. The summed E-state index contributed by atoms with van der Waals surface area (Å²) < 4.78 is 0. The number of hydrogen-bond acceptors (Lipinski definition) is 3. The Balaban J connectivity index is 1.96. The Morgan fingerprint density at radius 1 is 1.30 bits per heavy atom. The van der Waals surface area contributed by atoms with Crippen LogP contribution in [0.3, 0.4) is 0 Å². The van der Waals surface area contributed by atoms with Gasteiger partial charge in [-0.25, -0.2) is 5.43 Å². The number of carbonyl (C=O) groups excluding carboxylic acids is 2. The predicted octanol–water partition coefficient (Wildman–Crippen LogP) is 1.14. The maximum absolute atomic E-state index is 11.4. The molecule has 0 aliphatic carbocycles. The summed E-state index contributed by atoms with van der Waals surface area (Å²) in [6, 6.07) is 7.75. The van der Waals surface area contributed by atoms with Crippen LogP contribution in [0.15, 0.2) is 35.6 Å². The number of fused-ring (bicyclic) bond motifs is 1. The summed E-state index contributed by atoms with van der Waals surface area (Å²) in [5.74, 6) is -1.45. The first kappa shape index (κ1) is 13.8. The van der Waals surface area contributed by atoms with E-state index >= 15 is 0 Å². The highest BCUT2D eigenvalue weighted by molar-refractivity contribution is 6.35. The summed E-state index contributed by atoms with van der Waals surface area (Å²) in [5.41, 5.74) is 4.03. The Hall–Kier alpha value is -2.63. The molecule has 0 aliphatic rings. The SMILES string of the molecule is CCCNC(=O)C(=O)NN=Cc1c[nH]c2ccccc12.